The van der Waals surface area contributed by atoms with Crippen LogP contribution in [0.5, 0.6) is 0 Å². The fourth-order valence-corrected chi connectivity index (χ4v) is 7.75. The minimum Gasteiger partial charge on any atom is -0.458 e. The molecule has 9 nitrogen and oxygen atoms in total. The van der Waals surface area contributed by atoms with Crippen molar-refractivity contribution in [3.63, 3.8) is 0 Å². The van der Waals surface area contributed by atoms with E-state index >= 15 is 0 Å². The molecule has 4 bridgehead atoms. The van der Waals surface area contributed by atoms with E-state index < -0.39 is 35.0 Å². The molecule has 0 radical (unpaired) electrons. The maximum Gasteiger partial charge on any atom is 0.323 e. The second kappa shape index (κ2) is 7.42. The molecule has 6 fully saturated rings. The maximum atomic E-state index is 13.5. The van der Waals surface area contributed by atoms with Crippen molar-refractivity contribution in [3.8, 4) is 6.07 Å². The number of amides is 2. The summed E-state index contributed by atoms with van der Waals surface area (Å²) in [5.41, 5.74) is 16.8. The van der Waals surface area contributed by atoms with E-state index in [2.05, 4.69) is 6.07 Å². The van der Waals surface area contributed by atoms with Gasteiger partial charge >= 0.3 is 5.97 Å². The van der Waals surface area contributed by atoms with Crippen molar-refractivity contribution in [2.45, 2.75) is 94.0 Å². The van der Waals surface area contributed by atoms with Crippen molar-refractivity contribution in [3.05, 3.63) is 0 Å². The summed E-state index contributed by atoms with van der Waals surface area (Å²) in [5, 5.41) is 9.53. The first-order valence-corrected chi connectivity index (χ1v) is 11.9. The molecule has 1 saturated heterocycles. The van der Waals surface area contributed by atoms with Gasteiger partial charge in [0.05, 0.1) is 12.1 Å². The number of piperidine rings is 1. The summed E-state index contributed by atoms with van der Waals surface area (Å²) >= 11 is 0. The topological polar surface area (TPSA) is 166 Å². The predicted octanol–water partition coefficient (Wildman–Crippen LogP) is 0.302. The highest BCUT2D eigenvalue weighted by molar-refractivity contribution is 5.84. The van der Waals surface area contributed by atoms with Crippen molar-refractivity contribution < 1.29 is 19.1 Å². The lowest BCUT2D eigenvalue weighted by atomic mass is 9.46. The maximum absolute atomic E-state index is 13.5. The number of nitrogens with two attached hydrogens (primary N) is 3. The molecule has 0 aromatic rings. The Balaban J connectivity index is 1.33. The van der Waals surface area contributed by atoms with Crippen LogP contribution in [0.1, 0.15) is 64.2 Å². The van der Waals surface area contributed by atoms with Gasteiger partial charge in [0.15, 0.2) is 0 Å². The summed E-state index contributed by atoms with van der Waals surface area (Å²) in [6, 6.07) is 0.495. The second-order valence-corrected chi connectivity index (χ2v) is 11.2. The van der Waals surface area contributed by atoms with E-state index in [1.165, 1.54) is 0 Å². The van der Waals surface area contributed by atoms with E-state index in [0.717, 1.165) is 44.9 Å². The number of carbonyl (C=O) groups is 3. The number of primary amides is 1. The molecule has 1 heterocycles. The van der Waals surface area contributed by atoms with E-state index in [0.29, 0.717) is 24.2 Å². The summed E-state index contributed by atoms with van der Waals surface area (Å²) in [5.74, 6) is 0.0622. The van der Waals surface area contributed by atoms with Crippen LogP contribution in [0.2, 0.25) is 0 Å². The number of likely N-dealkylation sites (tertiary alicyclic amines) is 1. The molecule has 5 unspecified atom stereocenters. The van der Waals surface area contributed by atoms with Crippen LogP contribution < -0.4 is 17.2 Å². The number of ether oxygens (including phenoxy) is 1. The van der Waals surface area contributed by atoms with Crippen LogP contribution in [0.4, 0.5) is 0 Å². The molecule has 5 aliphatic carbocycles. The van der Waals surface area contributed by atoms with Gasteiger partial charge in [0.2, 0.25) is 11.8 Å². The Morgan fingerprint density at radius 2 is 1.78 bits per heavy atom. The molecule has 32 heavy (non-hydrogen) atoms. The van der Waals surface area contributed by atoms with Crippen LogP contribution in [0.15, 0.2) is 0 Å². The van der Waals surface area contributed by atoms with Crippen LogP contribution in [0, 0.1) is 34.5 Å². The summed E-state index contributed by atoms with van der Waals surface area (Å²) in [7, 11) is 0. The first kappa shape index (κ1) is 21.7. The number of nitriles is 1. The van der Waals surface area contributed by atoms with Gasteiger partial charge in [0.1, 0.15) is 17.7 Å². The largest absolute Gasteiger partial charge is 0.458 e. The molecule has 9 atom stereocenters. The van der Waals surface area contributed by atoms with Gasteiger partial charge in [-0.05, 0) is 81.0 Å². The average Bonchev–Trinajstić information content (AvgIpc) is 3.39. The van der Waals surface area contributed by atoms with Gasteiger partial charge in [-0.25, -0.2) is 0 Å². The Kier molecular flexibility index (Phi) is 5.02. The van der Waals surface area contributed by atoms with E-state index in [4.69, 9.17) is 21.9 Å². The Hall–Kier alpha value is -2.18. The lowest BCUT2D eigenvalue weighted by Crippen LogP contribution is -2.66. The number of esters is 1. The summed E-state index contributed by atoms with van der Waals surface area (Å²) < 4.78 is 6.05. The Morgan fingerprint density at radius 3 is 2.41 bits per heavy atom. The molecule has 6 aliphatic rings. The molecule has 0 aromatic carbocycles. The molecule has 0 spiro atoms. The summed E-state index contributed by atoms with van der Waals surface area (Å²) in [4.78, 5) is 39.1. The fourth-order valence-electron chi connectivity index (χ4n) is 7.75. The molecule has 6 N–H and O–H groups in total. The SMILES string of the molecule is N#C[C@@H]1CC2CC2N1C(=O)[C@@H](N)C12CC3C[C@H](CC(OC(=O)[C@@H](N)CCC(N)=O)(C3)C1)C2. The van der Waals surface area contributed by atoms with Crippen molar-refractivity contribution in [1.82, 2.24) is 4.90 Å². The van der Waals surface area contributed by atoms with Crippen molar-refractivity contribution in [1.29, 1.82) is 5.26 Å². The molecule has 0 aromatic heterocycles. The van der Waals surface area contributed by atoms with E-state index in [1.54, 1.807) is 4.90 Å². The zero-order valence-electron chi connectivity index (χ0n) is 18.4. The third-order valence-electron chi connectivity index (χ3n) is 8.81. The highest BCUT2D eigenvalue weighted by Gasteiger charge is 2.64. The van der Waals surface area contributed by atoms with Gasteiger partial charge in [0, 0.05) is 12.5 Å². The van der Waals surface area contributed by atoms with E-state index in [-0.39, 0.29) is 30.8 Å². The minimum atomic E-state index is -0.894. The normalized spacial score (nSPS) is 42.7. The molecule has 2 amide bonds. The zero-order valence-corrected chi connectivity index (χ0v) is 18.4. The highest BCUT2D eigenvalue weighted by atomic mass is 16.6. The third kappa shape index (κ3) is 3.48. The fraction of sp³-hybridized carbons (Fsp3) is 0.826. The minimum absolute atomic E-state index is 0.0376. The van der Waals surface area contributed by atoms with Gasteiger partial charge in [-0.15, -0.1) is 0 Å². The van der Waals surface area contributed by atoms with Gasteiger partial charge in [-0.3, -0.25) is 14.4 Å². The summed E-state index contributed by atoms with van der Waals surface area (Å²) in [6.07, 6.45) is 6.83. The van der Waals surface area contributed by atoms with Gasteiger partial charge in [0.25, 0.3) is 0 Å². The first-order chi connectivity index (χ1) is 15.2. The molecule has 1 aliphatic heterocycles. The molecule has 5 saturated carbocycles. The Labute approximate surface area is 188 Å². The molecule has 6 rings (SSSR count). The Bertz CT molecular complexity index is 870. The first-order valence-electron chi connectivity index (χ1n) is 11.9. The highest BCUT2D eigenvalue weighted by Crippen LogP contribution is 2.64. The van der Waals surface area contributed by atoms with Crippen LogP contribution in [-0.4, -0.2) is 52.5 Å². The van der Waals surface area contributed by atoms with Crippen LogP contribution in [-0.2, 0) is 19.1 Å². The quantitative estimate of drug-likeness (QED) is 0.476. The van der Waals surface area contributed by atoms with E-state index in [1.807, 2.05) is 0 Å². The number of hydrogen-bond donors (Lipinski definition) is 3. The molecular weight excluding hydrogens is 410 g/mol. The number of carbonyl (C=O) groups excluding carboxylic acids is 3. The van der Waals surface area contributed by atoms with Crippen LogP contribution >= 0.6 is 0 Å². The number of nitrogens with zero attached hydrogens (tertiary/aromatic N) is 2. The molecule has 9 heteroatoms. The van der Waals surface area contributed by atoms with Gasteiger partial charge < -0.3 is 26.8 Å². The van der Waals surface area contributed by atoms with Crippen molar-refractivity contribution >= 4 is 17.8 Å². The smallest absolute Gasteiger partial charge is 0.323 e. The summed E-state index contributed by atoms with van der Waals surface area (Å²) in [6.45, 7) is 0. The van der Waals surface area contributed by atoms with Crippen molar-refractivity contribution in [2.24, 2.45) is 40.4 Å². The molecular formula is C23H33N5O4. The molecule has 174 valence electrons. The number of hydrogen-bond acceptors (Lipinski definition) is 7. The standard InChI is InChI=1S/C23H33N5O4/c24-10-15-4-14-5-17(14)28(15)20(30)19(27)22-6-12-3-13(7-22)9-23(8-12,11-22)32-21(31)16(25)1-2-18(26)29/h12-17,19H,1-9,11,25,27H2,(H2,26,29)/t12-,13?,14?,15-,16-,17?,19+,22?,23?/m0/s1. The van der Waals surface area contributed by atoms with Crippen LogP contribution in [0.25, 0.3) is 0 Å². The zero-order chi connectivity index (χ0) is 22.8. The van der Waals surface area contributed by atoms with Gasteiger partial charge in [-0.2, -0.15) is 5.26 Å². The second-order valence-electron chi connectivity index (χ2n) is 11.2. The number of fused-ring (bicyclic) bond motifs is 1. The Morgan fingerprint density at radius 1 is 1.09 bits per heavy atom. The third-order valence-corrected chi connectivity index (χ3v) is 8.81. The number of rotatable bonds is 7. The average molecular weight is 444 g/mol. The lowest BCUT2D eigenvalue weighted by molar-refractivity contribution is -0.207. The van der Waals surface area contributed by atoms with Gasteiger partial charge in [-0.1, -0.05) is 0 Å². The lowest BCUT2D eigenvalue weighted by Gasteiger charge is -2.62. The van der Waals surface area contributed by atoms with E-state index in [9.17, 15) is 19.6 Å². The van der Waals surface area contributed by atoms with Crippen molar-refractivity contribution in [2.75, 3.05) is 0 Å². The predicted molar refractivity (Wildman–Crippen MR) is 113 cm³/mol. The van der Waals surface area contributed by atoms with Crippen LogP contribution in [0.3, 0.4) is 0 Å². The monoisotopic (exact) mass is 443 g/mol.